The van der Waals surface area contributed by atoms with E-state index in [0.29, 0.717) is 28.7 Å². The molecule has 9 heteroatoms. The van der Waals surface area contributed by atoms with E-state index in [9.17, 15) is 9.59 Å². The van der Waals surface area contributed by atoms with Gasteiger partial charge < -0.3 is 9.47 Å². The topological polar surface area (TPSA) is 102 Å². The predicted octanol–water partition coefficient (Wildman–Crippen LogP) is 2.03. The van der Waals surface area contributed by atoms with Crippen molar-refractivity contribution in [1.29, 1.82) is 0 Å². The fourth-order valence-electron chi connectivity index (χ4n) is 2.27. The molecular weight excluding hydrogens is 344 g/mol. The number of ether oxygens (including phenoxy) is 2. The Bertz CT molecular complexity index is 846. The van der Waals surface area contributed by atoms with Crippen molar-refractivity contribution in [3.05, 3.63) is 23.6 Å². The second-order valence-electron chi connectivity index (χ2n) is 5.15. The van der Waals surface area contributed by atoms with Gasteiger partial charge in [0.25, 0.3) is 5.91 Å². The van der Waals surface area contributed by atoms with E-state index in [1.54, 1.807) is 20.3 Å². The van der Waals surface area contributed by atoms with Crippen LogP contribution in [-0.2, 0) is 9.59 Å². The Morgan fingerprint density at radius 2 is 2.12 bits per heavy atom. The second-order valence-corrected chi connectivity index (χ2v) is 6.01. The molecule has 0 spiro atoms. The highest BCUT2D eigenvalue weighted by Gasteiger charge is 2.19. The van der Waals surface area contributed by atoms with Crippen LogP contribution in [0.3, 0.4) is 0 Å². The van der Waals surface area contributed by atoms with Crippen molar-refractivity contribution in [2.45, 2.75) is 12.8 Å². The van der Waals surface area contributed by atoms with Gasteiger partial charge in [0, 0.05) is 29.9 Å². The average molecular weight is 360 g/mol. The number of hydrogen-bond acceptors (Lipinski definition) is 7. The van der Waals surface area contributed by atoms with Gasteiger partial charge in [0.1, 0.15) is 17.2 Å². The van der Waals surface area contributed by atoms with Crippen LogP contribution < -0.4 is 20.2 Å². The normalized spacial score (nSPS) is 13.7. The second kappa shape index (κ2) is 7.31. The van der Waals surface area contributed by atoms with Gasteiger partial charge in [-0.15, -0.1) is 11.3 Å². The number of rotatable bonds is 5. The summed E-state index contributed by atoms with van der Waals surface area (Å²) >= 11 is 1.29. The third-order valence-electron chi connectivity index (χ3n) is 3.58. The quantitative estimate of drug-likeness (QED) is 0.849. The molecule has 1 aliphatic heterocycles. The SMILES string of the molecule is COc1ccc(-c2csc(NC(=O)C3=NNC(=O)CC3)n2)c(OC)c1. The lowest BCUT2D eigenvalue weighted by Crippen LogP contribution is -2.32. The van der Waals surface area contributed by atoms with E-state index in [2.05, 4.69) is 20.8 Å². The summed E-state index contributed by atoms with van der Waals surface area (Å²) < 4.78 is 10.6. The van der Waals surface area contributed by atoms with Gasteiger partial charge in [0.2, 0.25) is 5.91 Å². The number of hydrogen-bond donors (Lipinski definition) is 2. The molecule has 0 fully saturated rings. The number of carbonyl (C=O) groups is 2. The summed E-state index contributed by atoms with van der Waals surface area (Å²) in [6, 6.07) is 5.43. The van der Waals surface area contributed by atoms with Crippen molar-refractivity contribution < 1.29 is 19.1 Å². The molecule has 2 N–H and O–H groups in total. The minimum Gasteiger partial charge on any atom is -0.497 e. The third-order valence-corrected chi connectivity index (χ3v) is 4.33. The summed E-state index contributed by atoms with van der Waals surface area (Å²) in [6.45, 7) is 0. The number of aromatic nitrogens is 1. The maximum atomic E-state index is 12.2. The lowest BCUT2D eigenvalue weighted by Gasteiger charge is -2.10. The van der Waals surface area contributed by atoms with E-state index in [1.165, 1.54) is 11.3 Å². The molecule has 0 saturated carbocycles. The minimum atomic E-state index is -0.373. The molecule has 25 heavy (non-hydrogen) atoms. The molecule has 8 nitrogen and oxygen atoms in total. The van der Waals surface area contributed by atoms with E-state index in [4.69, 9.17) is 9.47 Å². The molecule has 0 atom stereocenters. The van der Waals surface area contributed by atoms with Crippen molar-refractivity contribution >= 4 is 34.0 Å². The zero-order valence-corrected chi connectivity index (χ0v) is 14.5. The van der Waals surface area contributed by atoms with Gasteiger partial charge in [-0.25, -0.2) is 10.4 Å². The molecular formula is C16H16N4O4S. The molecule has 2 amide bonds. The third kappa shape index (κ3) is 3.77. The molecule has 0 bridgehead atoms. The van der Waals surface area contributed by atoms with Gasteiger partial charge in [-0.3, -0.25) is 14.9 Å². The lowest BCUT2D eigenvalue weighted by atomic mass is 10.1. The zero-order chi connectivity index (χ0) is 17.8. The highest BCUT2D eigenvalue weighted by atomic mass is 32.1. The van der Waals surface area contributed by atoms with Crippen LogP contribution in [-0.4, -0.2) is 36.7 Å². The predicted molar refractivity (Wildman–Crippen MR) is 94.1 cm³/mol. The van der Waals surface area contributed by atoms with E-state index >= 15 is 0 Å². The molecule has 2 aromatic rings. The van der Waals surface area contributed by atoms with Crippen molar-refractivity contribution in [1.82, 2.24) is 10.4 Å². The summed E-state index contributed by atoms with van der Waals surface area (Å²) in [5, 5.41) is 8.73. The van der Waals surface area contributed by atoms with Gasteiger partial charge in [0.05, 0.1) is 19.9 Å². The fraction of sp³-hybridized carbons (Fsp3) is 0.250. The molecule has 1 aliphatic rings. The van der Waals surface area contributed by atoms with Gasteiger partial charge in [-0.2, -0.15) is 5.10 Å². The van der Waals surface area contributed by atoms with Gasteiger partial charge >= 0.3 is 0 Å². The first-order valence-corrected chi connectivity index (χ1v) is 8.33. The van der Waals surface area contributed by atoms with Gasteiger partial charge in [-0.1, -0.05) is 0 Å². The highest BCUT2D eigenvalue weighted by Crippen LogP contribution is 2.34. The molecule has 0 unspecified atom stereocenters. The number of hydrazone groups is 1. The summed E-state index contributed by atoms with van der Waals surface area (Å²) in [7, 11) is 3.16. The number of nitrogens with one attached hydrogen (secondary N) is 2. The average Bonchev–Trinajstić information content (AvgIpc) is 3.09. The lowest BCUT2D eigenvalue weighted by molar-refractivity contribution is -0.121. The zero-order valence-electron chi connectivity index (χ0n) is 13.7. The minimum absolute atomic E-state index is 0.195. The molecule has 0 saturated heterocycles. The van der Waals surface area contributed by atoms with Crippen LogP contribution >= 0.6 is 11.3 Å². The Labute approximate surface area is 147 Å². The molecule has 130 valence electrons. The number of methoxy groups -OCH3 is 2. The molecule has 2 heterocycles. The van der Waals surface area contributed by atoms with Crippen molar-refractivity contribution in [3.8, 4) is 22.8 Å². The van der Waals surface area contributed by atoms with E-state index in [-0.39, 0.29) is 23.9 Å². The number of nitrogens with zero attached hydrogens (tertiary/aromatic N) is 2. The number of amides is 2. The monoisotopic (exact) mass is 360 g/mol. The molecule has 0 aliphatic carbocycles. The van der Waals surface area contributed by atoms with Crippen LogP contribution in [0.4, 0.5) is 5.13 Å². The first kappa shape index (κ1) is 16.9. The maximum absolute atomic E-state index is 12.2. The smallest absolute Gasteiger partial charge is 0.273 e. The van der Waals surface area contributed by atoms with Crippen LogP contribution in [0.25, 0.3) is 11.3 Å². The van der Waals surface area contributed by atoms with Crippen LogP contribution in [0.1, 0.15) is 12.8 Å². The largest absolute Gasteiger partial charge is 0.497 e. The number of anilines is 1. The highest BCUT2D eigenvalue weighted by molar-refractivity contribution is 7.14. The molecule has 0 radical (unpaired) electrons. The first-order valence-electron chi connectivity index (χ1n) is 7.45. The maximum Gasteiger partial charge on any atom is 0.273 e. The summed E-state index contributed by atoms with van der Waals surface area (Å²) in [6.07, 6.45) is 0.556. The van der Waals surface area contributed by atoms with Crippen LogP contribution in [0.5, 0.6) is 11.5 Å². The Morgan fingerprint density at radius 3 is 2.80 bits per heavy atom. The van der Waals surface area contributed by atoms with Crippen LogP contribution in [0.2, 0.25) is 0 Å². The molecule has 1 aromatic heterocycles. The van der Waals surface area contributed by atoms with Crippen molar-refractivity contribution in [2.24, 2.45) is 5.10 Å². The Balaban J connectivity index is 1.77. The van der Waals surface area contributed by atoms with Gasteiger partial charge in [0.15, 0.2) is 5.13 Å². The molecule has 1 aromatic carbocycles. The van der Waals surface area contributed by atoms with Crippen LogP contribution in [0.15, 0.2) is 28.7 Å². The van der Waals surface area contributed by atoms with E-state index in [0.717, 1.165) is 5.56 Å². The number of benzene rings is 1. The Morgan fingerprint density at radius 1 is 1.28 bits per heavy atom. The first-order chi connectivity index (χ1) is 12.1. The van der Waals surface area contributed by atoms with E-state index in [1.807, 2.05) is 17.5 Å². The van der Waals surface area contributed by atoms with Gasteiger partial charge in [-0.05, 0) is 12.1 Å². The van der Waals surface area contributed by atoms with E-state index < -0.39 is 0 Å². The van der Waals surface area contributed by atoms with Crippen molar-refractivity contribution in [3.63, 3.8) is 0 Å². The Hall–Kier alpha value is -2.94. The summed E-state index contributed by atoms with van der Waals surface area (Å²) in [5.74, 6) is 0.742. The fourth-order valence-corrected chi connectivity index (χ4v) is 2.98. The summed E-state index contributed by atoms with van der Waals surface area (Å²) in [4.78, 5) is 27.7. The number of thiazole rings is 1. The van der Waals surface area contributed by atoms with Crippen LogP contribution in [0, 0.1) is 0 Å². The molecule has 3 rings (SSSR count). The van der Waals surface area contributed by atoms with Crippen molar-refractivity contribution in [2.75, 3.05) is 19.5 Å². The summed E-state index contributed by atoms with van der Waals surface area (Å²) in [5.41, 5.74) is 4.05. The standard InChI is InChI=1S/C16H16N4O4S/c1-23-9-3-4-10(13(7-9)24-2)12-8-25-16(17-12)18-15(22)11-5-6-14(21)20-19-11/h3-4,7-8H,5-6H2,1-2H3,(H,20,21)(H,17,18,22). The number of carbonyl (C=O) groups excluding carboxylic acids is 2. The Kier molecular flexibility index (Phi) is 4.94.